The fraction of sp³-hybridized carbons (Fsp3) is 0.200. The van der Waals surface area contributed by atoms with E-state index in [9.17, 15) is 0 Å². The van der Waals surface area contributed by atoms with Crippen LogP contribution < -0.4 is 14.8 Å². The average Bonchev–Trinajstić information content (AvgIpc) is 2.87. The molecule has 0 radical (unpaired) electrons. The average molecular weight is 404 g/mol. The minimum absolute atomic E-state index is 0. The van der Waals surface area contributed by atoms with Crippen LogP contribution in [0.4, 0.5) is 0 Å². The molecule has 5 heteroatoms. The normalized spacial score (nSPS) is 12.1. The van der Waals surface area contributed by atoms with Crippen LogP contribution in [0.1, 0.15) is 11.1 Å². The van der Waals surface area contributed by atoms with Gasteiger partial charge in [-0.05, 0) is 45.9 Å². The SMILES string of the molecule is Cl.Ic1cc2c(cc1CNCc1ccccc1)OCO2. The van der Waals surface area contributed by atoms with Gasteiger partial charge >= 0.3 is 0 Å². The van der Waals surface area contributed by atoms with Gasteiger partial charge in [0.05, 0.1) is 0 Å². The van der Waals surface area contributed by atoms with Gasteiger partial charge in [-0.15, -0.1) is 12.4 Å². The molecule has 0 unspecified atom stereocenters. The van der Waals surface area contributed by atoms with Crippen molar-refractivity contribution in [2.75, 3.05) is 6.79 Å². The van der Waals surface area contributed by atoms with Crippen LogP contribution in [0.2, 0.25) is 0 Å². The molecular weight excluding hydrogens is 389 g/mol. The van der Waals surface area contributed by atoms with Crippen molar-refractivity contribution in [3.05, 3.63) is 57.2 Å². The van der Waals surface area contributed by atoms with E-state index in [1.54, 1.807) is 0 Å². The fourth-order valence-electron chi connectivity index (χ4n) is 2.03. The van der Waals surface area contributed by atoms with E-state index in [0.717, 1.165) is 24.6 Å². The summed E-state index contributed by atoms with van der Waals surface area (Å²) in [7, 11) is 0. The predicted octanol–water partition coefficient (Wildman–Crippen LogP) is 3.73. The Morgan fingerprint density at radius 1 is 1.00 bits per heavy atom. The van der Waals surface area contributed by atoms with Gasteiger partial charge in [0, 0.05) is 16.7 Å². The molecule has 1 heterocycles. The molecule has 3 rings (SSSR count). The Balaban J connectivity index is 0.00000147. The van der Waals surface area contributed by atoms with E-state index in [4.69, 9.17) is 9.47 Å². The Morgan fingerprint density at radius 2 is 1.70 bits per heavy atom. The molecule has 0 spiro atoms. The summed E-state index contributed by atoms with van der Waals surface area (Å²) in [5.41, 5.74) is 2.53. The number of benzene rings is 2. The number of ether oxygens (including phenoxy) is 2. The van der Waals surface area contributed by atoms with E-state index >= 15 is 0 Å². The molecule has 0 aliphatic carbocycles. The zero-order valence-corrected chi connectivity index (χ0v) is 13.7. The summed E-state index contributed by atoms with van der Waals surface area (Å²) < 4.78 is 12.0. The molecule has 106 valence electrons. The number of hydrogen-bond acceptors (Lipinski definition) is 3. The maximum absolute atomic E-state index is 5.41. The molecule has 1 aliphatic rings. The third kappa shape index (κ3) is 3.56. The maximum atomic E-state index is 5.41. The van der Waals surface area contributed by atoms with Crippen LogP contribution >= 0.6 is 35.0 Å². The van der Waals surface area contributed by atoms with Crippen molar-refractivity contribution in [2.24, 2.45) is 0 Å². The number of halogens is 2. The van der Waals surface area contributed by atoms with Gasteiger partial charge in [0.1, 0.15) is 0 Å². The van der Waals surface area contributed by atoms with Gasteiger partial charge in [0.2, 0.25) is 6.79 Å². The van der Waals surface area contributed by atoms with Crippen LogP contribution in [0.3, 0.4) is 0 Å². The van der Waals surface area contributed by atoms with Gasteiger partial charge in [-0.3, -0.25) is 0 Å². The molecule has 0 atom stereocenters. The summed E-state index contributed by atoms with van der Waals surface area (Å²) >= 11 is 2.33. The minimum Gasteiger partial charge on any atom is -0.454 e. The highest BCUT2D eigenvalue weighted by Crippen LogP contribution is 2.35. The lowest BCUT2D eigenvalue weighted by Gasteiger charge is -2.08. The lowest BCUT2D eigenvalue weighted by molar-refractivity contribution is 0.174. The van der Waals surface area contributed by atoms with Gasteiger partial charge in [0.25, 0.3) is 0 Å². The Labute approximate surface area is 138 Å². The van der Waals surface area contributed by atoms with Crippen molar-refractivity contribution < 1.29 is 9.47 Å². The van der Waals surface area contributed by atoms with E-state index in [2.05, 4.69) is 58.2 Å². The second kappa shape index (κ2) is 7.15. The van der Waals surface area contributed by atoms with E-state index in [1.807, 2.05) is 12.1 Å². The molecule has 3 nitrogen and oxygen atoms in total. The number of hydrogen-bond donors (Lipinski definition) is 1. The quantitative estimate of drug-likeness (QED) is 0.789. The second-order valence-electron chi connectivity index (χ2n) is 4.39. The van der Waals surface area contributed by atoms with E-state index in [0.29, 0.717) is 6.79 Å². The summed E-state index contributed by atoms with van der Waals surface area (Å²) in [6, 6.07) is 14.5. The number of nitrogens with one attached hydrogen (secondary N) is 1. The Kier molecular flexibility index (Phi) is 5.51. The first kappa shape index (κ1) is 15.4. The highest BCUT2D eigenvalue weighted by atomic mass is 127. The summed E-state index contributed by atoms with van der Waals surface area (Å²) in [5.74, 6) is 1.69. The Bertz CT molecular complexity index is 578. The smallest absolute Gasteiger partial charge is 0.231 e. The van der Waals surface area contributed by atoms with Crippen molar-refractivity contribution >= 4 is 35.0 Å². The zero-order valence-electron chi connectivity index (χ0n) is 10.8. The predicted molar refractivity (Wildman–Crippen MR) is 89.5 cm³/mol. The largest absolute Gasteiger partial charge is 0.454 e. The van der Waals surface area contributed by atoms with Gasteiger partial charge in [-0.2, -0.15) is 0 Å². The van der Waals surface area contributed by atoms with Crippen LogP contribution in [-0.4, -0.2) is 6.79 Å². The number of rotatable bonds is 4. The van der Waals surface area contributed by atoms with Gasteiger partial charge < -0.3 is 14.8 Å². The first-order valence-corrected chi connectivity index (χ1v) is 7.23. The first-order valence-electron chi connectivity index (χ1n) is 6.15. The Hall–Kier alpha value is -0.980. The molecule has 1 aliphatic heterocycles. The Morgan fingerprint density at radius 3 is 2.45 bits per heavy atom. The minimum atomic E-state index is 0. The molecular formula is C15H15ClINO2. The zero-order chi connectivity index (χ0) is 13.1. The molecule has 0 saturated heterocycles. The molecule has 2 aromatic rings. The fourth-order valence-corrected chi connectivity index (χ4v) is 2.66. The van der Waals surface area contributed by atoms with Crippen LogP contribution in [0.5, 0.6) is 11.5 Å². The molecule has 0 aromatic heterocycles. The maximum Gasteiger partial charge on any atom is 0.231 e. The topological polar surface area (TPSA) is 30.5 Å². The van der Waals surface area contributed by atoms with Gasteiger partial charge in [-0.25, -0.2) is 0 Å². The summed E-state index contributed by atoms with van der Waals surface area (Å²) in [6.45, 7) is 2.02. The molecule has 20 heavy (non-hydrogen) atoms. The second-order valence-corrected chi connectivity index (χ2v) is 5.55. The lowest BCUT2D eigenvalue weighted by Crippen LogP contribution is -2.13. The summed E-state index contributed by atoms with van der Waals surface area (Å²) in [4.78, 5) is 0. The molecule has 0 amide bonds. The first-order chi connectivity index (χ1) is 9.33. The van der Waals surface area contributed by atoms with E-state index < -0.39 is 0 Å². The highest BCUT2D eigenvalue weighted by Gasteiger charge is 2.15. The molecule has 0 fully saturated rings. The van der Waals surface area contributed by atoms with Crippen LogP contribution in [0.25, 0.3) is 0 Å². The van der Waals surface area contributed by atoms with Crippen LogP contribution in [0.15, 0.2) is 42.5 Å². The summed E-state index contributed by atoms with van der Waals surface area (Å²) in [5, 5.41) is 3.45. The molecule has 1 N–H and O–H groups in total. The molecule has 2 aromatic carbocycles. The van der Waals surface area contributed by atoms with Gasteiger partial charge in [-0.1, -0.05) is 30.3 Å². The van der Waals surface area contributed by atoms with Crippen molar-refractivity contribution in [1.29, 1.82) is 0 Å². The van der Waals surface area contributed by atoms with E-state index in [-0.39, 0.29) is 12.4 Å². The standard InChI is InChI=1S/C15H14INO2.ClH/c16-13-7-15-14(18-10-19-15)6-12(13)9-17-8-11-4-2-1-3-5-11;/h1-7,17H,8-10H2;1H. The van der Waals surface area contributed by atoms with Crippen LogP contribution in [0, 0.1) is 3.57 Å². The van der Waals surface area contributed by atoms with E-state index in [1.165, 1.54) is 14.7 Å². The monoisotopic (exact) mass is 403 g/mol. The van der Waals surface area contributed by atoms with Crippen molar-refractivity contribution in [3.8, 4) is 11.5 Å². The highest BCUT2D eigenvalue weighted by molar-refractivity contribution is 14.1. The molecule has 0 bridgehead atoms. The van der Waals surface area contributed by atoms with Crippen molar-refractivity contribution in [1.82, 2.24) is 5.32 Å². The molecule has 0 saturated carbocycles. The van der Waals surface area contributed by atoms with Crippen molar-refractivity contribution in [2.45, 2.75) is 13.1 Å². The van der Waals surface area contributed by atoms with Crippen molar-refractivity contribution in [3.63, 3.8) is 0 Å². The summed E-state index contributed by atoms with van der Waals surface area (Å²) in [6.07, 6.45) is 0. The van der Waals surface area contributed by atoms with Gasteiger partial charge in [0.15, 0.2) is 11.5 Å². The number of fused-ring (bicyclic) bond motifs is 1. The third-order valence-corrected chi connectivity index (χ3v) is 4.03. The lowest BCUT2D eigenvalue weighted by atomic mass is 10.2. The van der Waals surface area contributed by atoms with Crippen LogP contribution in [-0.2, 0) is 13.1 Å². The third-order valence-electron chi connectivity index (χ3n) is 3.03.